The second-order valence-corrected chi connectivity index (χ2v) is 5.12. The first kappa shape index (κ1) is 16.2. The predicted molar refractivity (Wildman–Crippen MR) is 74.7 cm³/mol. The molecule has 1 aromatic carbocycles. The van der Waals surface area contributed by atoms with Gasteiger partial charge in [0.15, 0.2) is 0 Å². The monoisotopic (exact) mass is 311 g/mol. The molecule has 1 aliphatic heterocycles. The number of piperidine rings is 1. The van der Waals surface area contributed by atoms with E-state index in [1.165, 1.54) is 0 Å². The Bertz CT molecular complexity index is 538. The van der Waals surface area contributed by atoms with Gasteiger partial charge in [0, 0.05) is 6.54 Å². The molecule has 0 spiro atoms. The van der Waals surface area contributed by atoms with Crippen molar-refractivity contribution in [2.75, 3.05) is 20.2 Å². The summed E-state index contributed by atoms with van der Waals surface area (Å²) in [7, 11) is 1.03. The number of carbonyl (C=O) groups excluding carboxylic acids is 2. The number of alkyl halides is 1. The molecule has 0 saturated carbocycles. The molecule has 2 atom stereocenters. The molecule has 0 aromatic heterocycles. The molecule has 1 saturated heterocycles. The zero-order chi connectivity index (χ0) is 16.2. The minimum Gasteiger partial charge on any atom is -0.467 e. The molecule has 2 unspecified atom stereocenters. The summed E-state index contributed by atoms with van der Waals surface area (Å²) < 4.78 is 24.0. The van der Waals surface area contributed by atoms with E-state index in [0.717, 1.165) is 17.6 Å². The number of methoxy groups -OCH3 is 1. The molecule has 1 fully saturated rings. The Morgan fingerprint density at radius 3 is 2.73 bits per heavy atom. The summed E-state index contributed by atoms with van der Waals surface area (Å²) in [6.45, 7) is -0.428. The Morgan fingerprint density at radius 2 is 2.09 bits per heavy atom. The molecule has 0 aliphatic carbocycles. The summed E-state index contributed by atoms with van der Waals surface area (Å²) in [4.78, 5) is 24.6. The van der Waals surface area contributed by atoms with Gasteiger partial charge in [0.1, 0.15) is 12.7 Å². The number of aliphatic hydroxyl groups excluding tert-OH is 1. The average molecular weight is 311 g/mol. The highest BCUT2D eigenvalue weighted by Gasteiger charge is 2.52. The van der Waals surface area contributed by atoms with Crippen molar-refractivity contribution >= 4 is 12.1 Å². The lowest BCUT2D eigenvalue weighted by molar-refractivity contribution is -0.169. The maximum Gasteiger partial charge on any atom is 0.410 e. The van der Waals surface area contributed by atoms with Gasteiger partial charge < -0.3 is 19.5 Å². The third kappa shape index (κ3) is 3.36. The van der Waals surface area contributed by atoms with Crippen LogP contribution in [0.5, 0.6) is 0 Å². The third-order valence-electron chi connectivity index (χ3n) is 3.61. The Balaban J connectivity index is 1.97. The van der Waals surface area contributed by atoms with E-state index < -0.39 is 30.4 Å². The van der Waals surface area contributed by atoms with Crippen LogP contribution >= 0.6 is 0 Å². The van der Waals surface area contributed by atoms with Gasteiger partial charge in [-0.15, -0.1) is 0 Å². The quantitative estimate of drug-likeness (QED) is 0.851. The SMILES string of the molecule is COC(=O)C1(F)CN(C(=O)OCc2ccccc2)CCC1O. The van der Waals surface area contributed by atoms with Gasteiger partial charge in [0.2, 0.25) is 5.67 Å². The molecular weight excluding hydrogens is 293 g/mol. The molecule has 6 nitrogen and oxygen atoms in total. The third-order valence-corrected chi connectivity index (χ3v) is 3.61. The van der Waals surface area contributed by atoms with Gasteiger partial charge in [0.05, 0.1) is 13.7 Å². The van der Waals surface area contributed by atoms with E-state index in [-0.39, 0.29) is 19.6 Å². The van der Waals surface area contributed by atoms with Crippen LogP contribution in [0.2, 0.25) is 0 Å². The zero-order valence-corrected chi connectivity index (χ0v) is 12.2. The number of hydrogen-bond acceptors (Lipinski definition) is 5. The van der Waals surface area contributed by atoms with Gasteiger partial charge in [-0.25, -0.2) is 14.0 Å². The maximum absolute atomic E-state index is 14.6. The standard InChI is InChI=1S/C15H18FNO5/c1-21-13(19)15(16)10-17(8-7-12(15)18)14(20)22-9-11-5-3-2-4-6-11/h2-6,12,18H,7-10H2,1H3. The molecule has 1 aromatic rings. The van der Waals surface area contributed by atoms with E-state index in [2.05, 4.69) is 4.74 Å². The van der Waals surface area contributed by atoms with Crippen LogP contribution in [0.3, 0.4) is 0 Å². The van der Waals surface area contributed by atoms with Gasteiger partial charge in [-0.05, 0) is 12.0 Å². The van der Waals surface area contributed by atoms with Gasteiger partial charge in [-0.1, -0.05) is 30.3 Å². The average Bonchev–Trinajstić information content (AvgIpc) is 2.55. The van der Waals surface area contributed by atoms with Crippen LogP contribution in [-0.2, 0) is 20.9 Å². The molecule has 0 bridgehead atoms. The number of nitrogens with zero attached hydrogens (tertiary/aromatic N) is 1. The number of likely N-dealkylation sites (tertiary alicyclic amines) is 1. The fraction of sp³-hybridized carbons (Fsp3) is 0.467. The lowest BCUT2D eigenvalue weighted by Crippen LogP contribution is -2.60. The molecule has 0 radical (unpaired) electrons. The molecule has 22 heavy (non-hydrogen) atoms. The van der Waals surface area contributed by atoms with Crippen molar-refractivity contribution in [3.05, 3.63) is 35.9 Å². The minimum absolute atomic E-state index is 0.0518. The Morgan fingerprint density at radius 1 is 1.41 bits per heavy atom. The van der Waals surface area contributed by atoms with Crippen molar-refractivity contribution in [3.8, 4) is 0 Å². The highest BCUT2D eigenvalue weighted by molar-refractivity contribution is 5.82. The largest absolute Gasteiger partial charge is 0.467 e. The predicted octanol–water partition coefficient (Wildman–Crippen LogP) is 1.27. The van der Waals surface area contributed by atoms with E-state index in [4.69, 9.17) is 4.74 Å². The summed E-state index contributed by atoms with van der Waals surface area (Å²) in [5.41, 5.74) is -1.83. The number of esters is 1. The summed E-state index contributed by atoms with van der Waals surface area (Å²) in [5.74, 6) is -1.19. The summed E-state index contributed by atoms with van der Waals surface area (Å²) in [5, 5.41) is 9.68. The first-order valence-corrected chi connectivity index (χ1v) is 6.88. The summed E-state index contributed by atoms with van der Waals surface area (Å²) in [6.07, 6.45) is -2.30. The number of aliphatic hydroxyl groups is 1. The van der Waals surface area contributed by atoms with Crippen LogP contribution < -0.4 is 0 Å². The van der Waals surface area contributed by atoms with Crippen LogP contribution in [0.4, 0.5) is 9.18 Å². The number of ether oxygens (including phenoxy) is 2. The second kappa shape index (κ2) is 6.74. The van der Waals surface area contributed by atoms with E-state index in [1.807, 2.05) is 18.2 Å². The lowest BCUT2D eigenvalue weighted by atomic mass is 9.92. The van der Waals surface area contributed by atoms with Crippen LogP contribution in [0, 0.1) is 0 Å². The number of halogens is 1. The van der Waals surface area contributed by atoms with Crippen LogP contribution in [-0.4, -0.2) is 54.0 Å². The second-order valence-electron chi connectivity index (χ2n) is 5.12. The first-order chi connectivity index (χ1) is 10.5. The van der Waals surface area contributed by atoms with E-state index in [9.17, 15) is 19.1 Å². The summed E-state index contributed by atoms with van der Waals surface area (Å²) in [6, 6.07) is 9.04. The molecule has 1 aliphatic rings. The number of benzene rings is 1. The Hall–Kier alpha value is -2.15. The smallest absolute Gasteiger partial charge is 0.410 e. The number of carbonyl (C=O) groups is 2. The molecule has 1 N–H and O–H groups in total. The van der Waals surface area contributed by atoms with E-state index in [1.54, 1.807) is 12.1 Å². The topological polar surface area (TPSA) is 76.1 Å². The van der Waals surface area contributed by atoms with E-state index >= 15 is 0 Å². The van der Waals surface area contributed by atoms with Crippen LogP contribution in [0.15, 0.2) is 30.3 Å². The van der Waals surface area contributed by atoms with Gasteiger partial charge in [-0.3, -0.25) is 0 Å². The molecule has 7 heteroatoms. The van der Waals surface area contributed by atoms with Gasteiger partial charge >= 0.3 is 12.1 Å². The van der Waals surface area contributed by atoms with Crippen molar-refractivity contribution in [2.45, 2.75) is 24.8 Å². The van der Waals surface area contributed by atoms with Crippen molar-refractivity contribution in [1.29, 1.82) is 0 Å². The minimum atomic E-state index is -2.63. The molecule has 1 heterocycles. The number of hydrogen-bond donors (Lipinski definition) is 1. The fourth-order valence-electron chi connectivity index (χ4n) is 2.31. The van der Waals surface area contributed by atoms with Crippen LogP contribution in [0.1, 0.15) is 12.0 Å². The summed E-state index contributed by atoms with van der Waals surface area (Å²) >= 11 is 0. The van der Waals surface area contributed by atoms with Crippen molar-refractivity contribution < 1.29 is 28.6 Å². The first-order valence-electron chi connectivity index (χ1n) is 6.88. The molecular formula is C15H18FNO5. The number of rotatable bonds is 3. The van der Waals surface area contributed by atoms with Crippen molar-refractivity contribution in [1.82, 2.24) is 4.90 Å². The maximum atomic E-state index is 14.6. The highest BCUT2D eigenvalue weighted by Crippen LogP contribution is 2.27. The van der Waals surface area contributed by atoms with Gasteiger partial charge in [0.25, 0.3) is 0 Å². The zero-order valence-electron chi connectivity index (χ0n) is 12.2. The molecule has 2 rings (SSSR count). The normalized spacial score (nSPS) is 24.7. The Kier molecular flexibility index (Phi) is 4.97. The number of amides is 1. The van der Waals surface area contributed by atoms with E-state index in [0.29, 0.717) is 0 Å². The van der Waals surface area contributed by atoms with Gasteiger partial charge in [-0.2, -0.15) is 0 Å². The molecule has 120 valence electrons. The highest BCUT2D eigenvalue weighted by atomic mass is 19.1. The fourth-order valence-corrected chi connectivity index (χ4v) is 2.31. The lowest BCUT2D eigenvalue weighted by Gasteiger charge is -2.38. The molecule has 1 amide bonds. The van der Waals surface area contributed by atoms with Crippen molar-refractivity contribution in [2.24, 2.45) is 0 Å². The Labute approximate surface area is 127 Å². The van der Waals surface area contributed by atoms with Crippen molar-refractivity contribution in [3.63, 3.8) is 0 Å². The van der Waals surface area contributed by atoms with Crippen LogP contribution in [0.25, 0.3) is 0 Å².